The number of amides is 1. The van der Waals surface area contributed by atoms with E-state index in [1.807, 2.05) is 26.8 Å². The van der Waals surface area contributed by atoms with Gasteiger partial charge in [-0.15, -0.1) is 0 Å². The van der Waals surface area contributed by atoms with Crippen LogP contribution in [0.5, 0.6) is 17.2 Å². The van der Waals surface area contributed by atoms with Gasteiger partial charge in [-0.05, 0) is 68.3 Å². The molecule has 0 fully saturated rings. The molecule has 7 heteroatoms. The molecule has 0 atom stereocenters. The lowest BCUT2D eigenvalue weighted by Gasteiger charge is -2.13. The quantitative estimate of drug-likeness (QED) is 0.547. The third kappa shape index (κ3) is 6.49. The molecule has 0 saturated carbocycles. The van der Waals surface area contributed by atoms with Crippen molar-refractivity contribution in [1.82, 2.24) is 5.43 Å². The number of carbonyl (C=O) groups is 1. The third-order valence-electron chi connectivity index (χ3n) is 3.45. The van der Waals surface area contributed by atoms with E-state index in [9.17, 15) is 4.79 Å². The van der Waals surface area contributed by atoms with Crippen LogP contribution >= 0.6 is 11.6 Å². The maximum atomic E-state index is 11.8. The van der Waals surface area contributed by atoms with Gasteiger partial charge in [0.05, 0.1) is 19.4 Å². The van der Waals surface area contributed by atoms with Gasteiger partial charge < -0.3 is 14.2 Å². The fourth-order valence-corrected chi connectivity index (χ4v) is 2.30. The van der Waals surface area contributed by atoms with Gasteiger partial charge in [0.25, 0.3) is 5.91 Å². The van der Waals surface area contributed by atoms with Crippen molar-refractivity contribution >= 4 is 23.7 Å². The van der Waals surface area contributed by atoms with Crippen LogP contribution in [0.4, 0.5) is 0 Å². The third-order valence-corrected chi connectivity index (χ3v) is 3.88. The summed E-state index contributed by atoms with van der Waals surface area (Å²) in [4.78, 5) is 11.8. The molecule has 6 nitrogen and oxygen atoms in total. The van der Waals surface area contributed by atoms with Crippen LogP contribution in [0, 0.1) is 6.92 Å². The zero-order chi connectivity index (χ0) is 19.8. The van der Waals surface area contributed by atoms with Gasteiger partial charge in [-0.3, -0.25) is 4.79 Å². The van der Waals surface area contributed by atoms with Crippen LogP contribution in [-0.2, 0) is 4.79 Å². The summed E-state index contributed by atoms with van der Waals surface area (Å²) in [6, 6.07) is 10.6. The Morgan fingerprint density at radius 3 is 2.67 bits per heavy atom. The first kappa shape index (κ1) is 20.6. The zero-order valence-corrected chi connectivity index (χ0v) is 16.5. The molecular formula is C20H23ClN2O4. The van der Waals surface area contributed by atoms with Gasteiger partial charge in [-0.25, -0.2) is 5.43 Å². The lowest BCUT2D eigenvalue weighted by molar-refractivity contribution is -0.123. The Balaban J connectivity index is 1.88. The van der Waals surface area contributed by atoms with E-state index in [-0.39, 0.29) is 18.6 Å². The number of hydrogen-bond acceptors (Lipinski definition) is 5. The Labute approximate surface area is 164 Å². The second-order valence-electron chi connectivity index (χ2n) is 6.07. The number of hydrazone groups is 1. The lowest BCUT2D eigenvalue weighted by Crippen LogP contribution is -2.24. The molecule has 0 aliphatic rings. The van der Waals surface area contributed by atoms with Gasteiger partial charge in [-0.1, -0.05) is 11.6 Å². The Hall–Kier alpha value is -2.73. The molecule has 0 aliphatic carbocycles. The number of benzene rings is 2. The molecule has 2 aromatic rings. The van der Waals surface area contributed by atoms with Crippen LogP contribution in [0.1, 0.15) is 25.0 Å². The van der Waals surface area contributed by atoms with Crippen molar-refractivity contribution in [2.24, 2.45) is 5.10 Å². The smallest absolute Gasteiger partial charge is 0.277 e. The van der Waals surface area contributed by atoms with Crippen LogP contribution < -0.4 is 19.6 Å². The van der Waals surface area contributed by atoms with Crippen LogP contribution in [0.2, 0.25) is 5.02 Å². The Bertz CT molecular complexity index is 822. The number of hydrogen-bond donors (Lipinski definition) is 1. The molecule has 1 amide bonds. The molecule has 27 heavy (non-hydrogen) atoms. The van der Waals surface area contributed by atoms with Crippen molar-refractivity contribution < 1.29 is 19.0 Å². The molecule has 0 radical (unpaired) electrons. The van der Waals surface area contributed by atoms with Crippen molar-refractivity contribution in [3.05, 3.63) is 52.5 Å². The fraction of sp³-hybridized carbons (Fsp3) is 0.300. The van der Waals surface area contributed by atoms with E-state index < -0.39 is 0 Å². The van der Waals surface area contributed by atoms with Gasteiger partial charge in [0.15, 0.2) is 18.1 Å². The molecule has 1 N–H and O–H groups in total. The molecule has 144 valence electrons. The second-order valence-corrected chi connectivity index (χ2v) is 6.48. The highest BCUT2D eigenvalue weighted by molar-refractivity contribution is 6.31. The standard InChI is InChI=1S/C20H23ClN2O4/c1-13(2)27-18-8-5-15(10-19(18)25-4)11-22-23-20(24)12-26-16-6-7-17(21)14(3)9-16/h5-11,13H,12H2,1-4H3,(H,23,24)/b22-11+. The molecule has 0 bridgehead atoms. The second kappa shape index (κ2) is 9.83. The summed E-state index contributed by atoms with van der Waals surface area (Å²) in [6.07, 6.45) is 1.56. The maximum Gasteiger partial charge on any atom is 0.277 e. The predicted octanol–water partition coefficient (Wildman–Crippen LogP) is 3.97. The van der Waals surface area contributed by atoms with Crippen LogP contribution in [0.25, 0.3) is 0 Å². The van der Waals surface area contributed by atoms with Crippen LogP contribution in [-0.4, -0.2) is 31.9 Å². The Morgan fingerprint density at radius 2 is 2.00 bits per heavy atom. The number of nitrogens with zero attached hydrogens (tertiary/aromatic N) is 1. The van der Waals surface area contributed by atoms with E-state index >= 15 is 0 Å². The summed E-state index contributed by atoms with van der Waals surface area (Å²) in [5, 5.41) is 4.58. The monoisotopic (exact) mass is 390 g/mol. The van der Waals surface area contributed by atoms with Gasteiger partial charge >= 0.3 is 0 Å². The summed E-state index contributed by atoms with van der Waals surface area (Å²) in [5.41, 5.74) is 4.06. The van der Waals surface area contributed by atoms with E-state index in [1.165, 1.54) is 6.21 Å². The summed E-state index contributed by atoms with van der Waals surface area (Å²) in [6.45, 7) is 5.60. The molecule has 2 rings (SSSR count). The van der Waals surface area contributed by atoms with Crippen molar-refractivity contribution in [2.45, 2.75) is 26.9 Å². The fourth-order valence-electron chi connectivity index (χ4n) is 2.18. The Kier molecular flexibility index (Phi) is 7.49. The number of halogens is 1. The summed E-state index contributed by atoms with van der Waals surface area (Å²) in [7, 11) is 1.57. The van der Waals surface area contributed by atoms with Crippen LogP contribution in [0.3, 0.4) is 0 Å². The minimum absolute atomic E-state index is 0.0436. The van der Waals surface area contributed by atoms with Gasteiger partial charge in [0.2, 0.25) is 0 Å². The first-order valence-electron chi connectivity index (χ1n) is 8.44. The minimum atomic E-state index is -0.370. The van der Waals surface area contributed by atoms with E-state index in [4.69, 9.17) is 25.8 Å². The molecule has 0 aliphatic heterocycles. The van der Waals surface area contributed by atoms with E-state index in [0.29, 0.717) is 22.3 Å². The zero-order valence-electron chi connectivity index (χ0n) is 15.8. The van der Waals surface area contributed by atoms with Gasteiger partial charge in [0, 0.05) is 5.02 Å². The van der Waals surface area contributed by atoms with Crippen molar-refractivity contribution in [1.29, 1.82) is 0 Å². The minimum Gasteiger partial charge on any atom is -0.493 e. The van der Waals surface area contributed by atoms with Crippen molar-refractivity contribution in [2.75, 3.05) is 13.7 Å². The molecule has 0 unspecified atom stereocenters. The predicted molar refractivity (Wildman–Crippen MR) is 106 cm³/mol. The highest BCUT2D eigenvalue weighted by Crippen LogP contribution is 2.28. The van der Waals surface area contributed by atoms with Crippen LogP contribution in [0.15, 0.2) is 41.5 Å². The number of ether oxygens (including phenoxy) is 3. The number of methoxy groups -OCH3 is 1. The number of rotatable bonds is 8. The molecule has 0 heterocycles. The van der Waals surface area contributed by atoms with Gasteiger partial charge in [0.1, 0.15) is 5.75 Å². The van der Waals surface area contributed by atoms with E-state index in [2.05, 4.69) is 10.5 Å². The number of nitrogens with one attached hydrogen (secondary N) is 1. The molecule has 0 spiro atoms. The molecular weight excluding hydrogens is 368 g/mol. The van der Waals surface area contributed by atoms with Gasteiger partial charge in [-0.2, -0.15) is 5.10 Å². The molecule has 0 saturated heterocycles. The summed E-state index contributed by atoms with van der Waals surface area (Å²) >= 11 is 5.96. The average Bonchev–Trinajstić information content (AvgIpc) is 2.63. The average molecular weight is 391 g/mol. The molecule has 0 aromatic heterocycles. The SMILES string of the molecule is COc1cc(/C=N/NC(=O)COc2ccc(Cl)c(C)c2)ccc1OC(C)C. The highest BCUT2D eigenvalue weighted by Gasteiger charge is 2.07. The number of aryl methyl sites for hydroxylation is 1. The first-order valence-corrected chi connectivity index (χ1v) is 8.82. The van der Waals surface area contributed by atoms with Crippen molar-refractivity contribution in [3.63, 3.8) is 0 Å². The van der Waals surface area contributed by atoms with Crippen molar-refractivity contribution in [3.8, 4) is 17.2 Å². The lowest BCUT2D eigenvalue weighted by atomic mass is 10.2. The number of carbonyl (C=O) groups excluding carboxylic acids is 1. The summed E-state index contributed by atoms with van der Waals surface area (Å²) in [5.74, 6) is 1.45. The van der Waals surface area contributed by atoms with E-state index in [0.717, 1.165) is 11.1 Å². The Morgan fingerprint density at radius 1 is 1.22 bits per heavy atom. The maximum absolute atomic E-state index is 11.8. The topological polar surface area (TPSA) is 69.2 Å². The highest BCUT2D eigenvalue weighted by atomic mass is 35.5. The largest absolute Gasteiger partial charge is 0.493 e. The normalized spacial score (nSPS) is 10.9. The summed E-state index contributed by atoms with van der Waals surface area (Å²) < 4.78 is 16.4. The molecule has 2 aromatic carbocycles. The van der Waals surface area contributed by atoms with E-state index in [1.54, 1.807) is 37.4 Å². The first-order chi connectivity index (χ1) is 12.9.